The smallest absolute Gasteiger partial charge is 0.161 e. The average molecular weight is 446 g/mol. The van der Waals surface area contributed by atoms with E-state index in [2.05, 4.69) is 17.4 Å². The third-order valence-corrected chi connectivity index (χ3v) is 8.08. The summed E-state index contributed by atoms with van der Waals surface area (Å²) in [4.78, 5) is 0. The van der Waals surface area contributed by atoms with E-state index in [0.717, 1.165) is 35.6 Å². The van der Waals surface area contributed by atoms with E-state index >= 15 is 0 Å². The molecule has 1 N–H and O–H groups in total. The molecule has 160 valence electrons. The van der Waals surface area contributed by atoms with E-state index in [4.69, 9.17) is 32.7 Å². The van der Waals surface area contributed by atoms with Crippen LogP contribution in [0.1, 0.15) is 49.7 Å². The second-order valence-electron chi connectivity index (χ2n) is 9.53. The maximum atomic E-state index is 6.26. The van der Waals surface area contributed by atoms with Crippen LogP contribution >= 0.6 is 23.2 Å². The van der Waals surface area contributed by atoms with Crippen LogP contribution < -0.4 is 14.8 Å². The van der Waals surface area contributed by atoms with Gasteiger partial charge in [0.2, 0.25) is 0 Å². The summed E-state index contributed by atoms with van der Waals surface area (Å²) in [7, 11) is 1.68. The number of methoxy groups -OCH3 is 1. The van der Waals surface area contributed by atoms with Crippen molar-refractivity contribution in [2.24, 2.45) is 17.8 Å². The van der Waals surface area contributed by atoms with Crippen LogP contribution in [0, 0.1) is 17.8 Å². The lowest BCUT2D eigenvalue weighted by Gasteiger charge is -2.57. The molecular formula is C25H29Cl2NO2. The molecular weight excluding hydrogens is 417 g/mol. The molecule has 4 aliphatic carbocycles. The highest BCUT2D eigenvalue weighted by atomic mass is 35.5. The lowest BCUT2D eigenvalue weighted by atomic mass is 9.53. The van der Waals surface area contributed by atoms with E-state index < -0.39 is 0 Å². The van der Waals surface area contributed by atoms with Crippen LogP contribution in [0.3, 0.4) is 0 Å². The second-order valence-corrected chi connectivity index (χ2v) is 10.3. The van der Waals surface area contributed by atoms with Gasteiger partial charge in [-0.2, -0.15) is 0 Å². The first kappa shape index (κ1) is 20.5. The minimum absolute atomic E-state index is 0.305. The van der Waals surface area contributed by atoms with Gasteiger partial charge in [0, 0.05) is 27.7 Å². The molecule has 30 heavy (non-hydrogen) atoms. The van der Waals surface area contributed by atoms with Gasteiger partial charge in [0.25, 0.3) is 0 Å². The average Bonchev–Trinajstić information content (AvgIpc) is 2.71. The van der Waals surface area contributed by atoms with Gasteiger partial charge in [-0.3, -0.25) is 0 Å². The highest BCUT2D eigenvalue weighted by Crippen LogP contribution is 2.55. The van der Waals surface area contributed by atoms with Crippen LogP contribution in [0.15, 0.2) is 36.4 Å². The summed E-state index contributed by atoms with van der Waals surface area (Å²) in [6.45, 7) is 1.18. The van der Waals surface area contributed by atoms with Crippen molar-refractivity contribution in [3.05, 3.63) is 57.6 Å². The SMILES string of the molecule is COc1cc(CNC23CC4CC(CC(C4)C2)C3)ccc1OCc1c(Cl)cccc1Cl. The zero-order chi connectivity index (χ0) is 20.7. The molecule has 0 saturated heterocycles. The van der Waals surface area contributed by atoms with Gasteiger partial charge in [-0.1, -0.05) is 35.3 Å². The normalized spacial score (nSPS) is 29.2. The van der Waals surface area contributed by atoms with Gasteiger partial charge in [-0.05, 0) is 86.1 Å². The monoisotopic (exact) mass is 445 g/mol. The van der Waals surface area contributed by atoms with Crippen molar-refractivity contribution in [3.8, 4) is 11.5 Å². The van der Waals surface area contributed by atoms with Gasteiger partial charge in [-0.25, -0.2) is 0 Å². The number of rotatable bonds is 7. The number of hydrogen-bond acceptors (Lipinski definition) is 3. The lowest BCUT2D eigenvalue weighted by Crippen LogP contribution is -2.58. The maximum absolute atomic E-state index is 6.26. The highest BCUT2D eigenvalue weighted by Gasteiger charge is 2.50. The van der Waals surface area contributed by atoms with Crippen LogP contribution in [0.4, 0.5) is 0 Å². The van der Waals surface area contributed by atoms with E-state index in [9.17, 15) is 0 Å². The first-order valence-corrected chi connectivity index (χ1v) is 11.8. The first-order valence-electron chi connectivity index (χ1n) is 11.0. The zero-order valence-corrected chi connectivity index (χ0v) is 18.9. The summed E-state index contributed by atoms with van der Waals surface area (Å²) in [6, 6.07) is 11.7. The fraction of sp³-hybridized carbons (Fsp3) is 0.520. The molecule has 0 amide bonds. The second kappa shape index (κ2) is 8.26. The molecule has 0 radical (unpaired) electrons. The van der Waals surface area contributed by atoms with Crippen LogP contribution in [0.25, 0.3) is 0 Å². The summed E-state index contributed by atoms with van der Waals surface area (Å²) in [5, 5.41) is 5.17. The van der Waals surface area contributed by atoms with Crippen molar-refractivity contribution in [2.45, 2.75) is 57.2 Å². The Morgan fingerprint density at radius 2 is 1.57 bits per heavy atom. The number of nitrogens with one attached hydrogen (secondary N) is 1. The molecule has 4 bridgehead atoms. The molecule has 0 heterocycles. The Morgan fingerprint density at radius 1 is 0.933 bits per heavy atom. The van der Waals surface area contributed by atoms with Crippen molar-refractivity contribution >= 4 is 23.2 Å². The molecule has 2 aromatic carbocycles. The van der Waals surface area contributed by atoms with Crippen LogP contribution in [-0.2, 0) is 13.2 Å². The van der Waals surface area contributed by atoms with E-state index in [-0.39, 0.29) is 0 Å². The summed E-state index contributed by atoms with van der Waals surface area (Å²) < 4.78 is 11.6. The Labute approximate surface area is 189 Å². The van der Waals surface area contributed by atoms with Crippen molar-refractivity contribution in [2.75, 3.05) is 7.11 Å². The molecule has 4 saturated carbocycles. The van der Waals surface area contributed by atoms with Crippen LogP contribution in [0.2, 0.25) is 10.0 Å². The van der Waals surface area contributed by atoms with Crippen LogP contribution in [0.5, 0.6) is 11.5 Å². The molecule has 0 aliphatic heterocycles. The van der Waals surface area contributed by atoms with E-state index in [1.165, 1.54) is 44.1 Å². The molecule has 0 aromatic heterocycles. The van der Waals surface area contributed by atoms with Crippen molar-refractivity contribution in [1.29, 1.82) is 0 Å². The highest BCUT2D eigenvalue weighted by molar-refractivity contribution is 6.35. The van der Waals surface area contributed by atoms with Crippen molar-refractivity contribution < 1.29 is 9.47 Å². The summed E-state index contributed by atoms with van der Waals surface area (Å²) in [6.07, 6.45) is 8.48. The van der Waals surface area contributed by atoms with E-state index in [1.54, 1.807) is 7.11 Å². The molecule has 4 fully saturated rings. The largest absolute Gasteiger partial charge is 0.493 e. The molecule has 2 aromatic rings. The summed E-state index contributed by atoms with van der Waals surface area (Å²) in [5.41, 5.74) is 2.37. The predicted octanol–water partition coefficient (Wildman–Crippen LogP) is 6.64. The Bertz CT molecular complexity index is 874. The molecule has 0 atom stereocenters. The molecule has 0 unspecified atom stereocenters. The van der Waals surface area contributed by atoms with Gasteiger partial charge in [0.15, 0.2) is 11.5 Å². The molecule has 6 rings (SSSR count). The van der Waals surface area contributed by atoms with E-state index in [0.29, 0.717) is 27.9 Å². The third-order valence-electron chi connectivity index (χ3n) is 7.37. The summed E-state index contributed by atoms with van der Waals surface area (Å²) >= 11 is 12.5. The van der Waals surface area contributed by atoms with Crippen molar-refractivity contribution in [3.63, 3.8) is 0 Å². The van der Waals surface area contributed by atoms with Crippen LogP contribution in [-0.4, -0.2) is 12.6 Å². The van der Waals surface area contributed by atoms with Gasteiger partial charge >= 0.3 is 0 Å². The van der Waals surface area contributed by atoms with Gasteiger partial charge < -0.3 is 14.8 Å². The van der Waals surface area contributed by atoms with Crippen molar-refractivity contribution in [1.82, 2.24) is 5.32 Å². The fourth-order valence-corrected chi connectivity index (χ4v) is 6.88. The number of benzene rings is 2. The Hall–Kier alpha value is -1.42. The molecule has 3 nitrogen and oxygen atoms in total. The summed E-state index contributed by atoms with van der Waals surface area (Å²) in [5.74, 6) is 4.29. The molecule has 0 spiro atoms. The zero-order valence-electron chi connectivity index (χ0n) is 17.4. The standard InChI is InChI=1S/C25H29Cl2NO2/c1-29-24-10-16(5-6-23(24)30-15-20-21(26)3-2-4-22(20)27)14-28-25-11-17-7-18(12-25)9-19(8-17)13-25/h2-6,10,17-19,28H,7-9,11-15H2,1H3. The fourth-order valence-electron chi connectivity index (χ4n) is 6.38. The molecule has 5 heteroatoms. The third kappa shape index (κ3) is 4.04. The number of halogens is 2. The topological polar surface area (TPSA) is 30.5 Å². The Balaban J connectivity index is 1.25. The lowest BCUT2D eigenvalue weighted by molar-refractivity contribution is -0.0206. The number of hydrogen-bond donors (Lipinski definition) is 1. The Kier molecular flexibility index (Phi) is 5.64. The maximum Gasteiger partial charge on any atom is 0.161 e. The minimum atomic E-state index is 0.305. The van der Waals surface area contributed by atoms with Gasteiger partial charge in [0.1, 0.15) is 6.61 Å². The van der Waals surface area contributed by atoms with E-state index in [1.807, 2.05) is 24.3 Å². The Morgan fingerprint density at radius 3 is 2.17 bits per heavy atom. The predicted molar refractivity (Wildman–Crippen MR) is 122 cm³/mol. The minimum Gasteiger partial charge on any atom is -0.493 e. The first-order chi connectivity index (χ1) is 14.5. The van der Waals surface area contributed by atoms with Gasteiger partial charge in [0.05, 0.1) is 7.11 Å². The number of ether oxygens (including phenoxy) is 2. The molecule has 4 aliphatic rings. The van der Waals surface area contributed by atoms with Gasteiger partial charge in [-0.15, -0.1) is 0 Å². The quantitative estimate of drug-likeness (QED) is 0.517.